The van der Waals surface area contributed by atoms with E-state index >= 15 is 0 Å². The molecule has 2 aliphatic heterocycles. The molecule has 2 aliphatic rings. The third kappa shape index (κ3) is 4.16. The number of nitrogens with zero attached hydrogens (tertiary/aromatic N) is 3. The number of hydrogen-bond acceptors (Lipinski definition) is 6. The van der Waals surface area contributed by atoms with E-state index in [1.807, 2.05) is 25.1 Å². The lowest BCUT2D eigenvalue weighted by atomic mass is 9.88. The quantitative estimate of drug-likeness (QED) is 0.378. The molecule has 2 aromatic heterocycles. The first-order chi connectivity index (χ1) is 17.4. The van der Waals surface area contributed by atoms with E-state index in [1.54, 1.807) is 30.5 Å². The first kappa shape index (κ1) is 22.8. The van der Waals surface area contributed by atoms with E-state index in [2.05, 4.69) is 25.9 Å². The highest BCUT2D eigenvalue weighted by molar-refractivity contribution is 6.30. The third-order valence-electron chi connectivity index (χ3n) is 6.98. The van der Waals surface area contributed by atoms with E-state index in [-0.39, 0.29) is 5.56 Å². The highest BCUT2D eigenvalue weighted by Gasteiger charge is 2.42. The summed E-state index contributed by atoms with van der Waals surface area (Å²) in [6.07, 6.45) is 3.57. The van der Waals surface area contributed by atoms with Crippen molar-refractivity contribution in [3.05, 3.63) is 82.4 Å². The highest BCUT2D eigenvalue weighted by Crippen LogP contribution is 2.49. The van der Waals surface area contributed by atoms with Gasteiger partial charge in [-0.05, 0) is 68.2 Å². The van der Waals surface area contributed by atoms with Crippen molar-refractivity contribution in [2.24, 2.45) is 0 Å². The van der Waals surface area contributed by atoms with Crippen LogP contribution >= 0.6 is 11.6 Å². The molecule has 0 unspecified atom stereocenters. The van der Waals surface area contributed by atoms with Gasteiger partial charge in [0.15, 0.2) is 11.5 Å². The Bertz CT molecular complexity index is 1450. The average Bonchev–Trinajstić information content (AvgIpc) is 3.44. The van der Waals surface area contributed by atoms with Crippen LogP contribution in [0.15, 0.2) is 54.7 Å². The van der Waals surface area contributed by atoms with Crippen LogP contribution in [0.2, 0.25) is 5.02 Å². The predicted octanol–water partition coefficient (Wildman–Crippen LogP) is 5.33. The first-order valence-corrected chi connectivity index (χ1v) is 12.3. The Morgan fingerprint density at radius 1 is 1.19 bits per heavy atom. The monoisotopic (exact) mass is 504 g/mol. The van der Waals surface area contributed by atoms with Crippen molar-refractivity contribution in [3.8, 4) is 11.5 Å². The molecule has 2 N–H and O–H groups in total. The second-order valence-corrected chi connectivity index (χ2v) is 9.89. The number of aromatic carboxylic acids is 1. The number of aromatic amines is 1. The minimum absolute atomic E-state index is 0.253. The zero-order valence-corrected chi connectivity index (χ0v) is 20.5. The normalized spacial score (nSPS) is 20.2. The van der Waals surface area contributed by atoms with E-state index < -0.39 is 11.8 Å². The number of aromatic nitrogens is 3. The summed E-state index contributed by atoms with van der Waals surface area (Å²) >= 11 is 6.01. The SMILES string of the molecule is C[C@]1(c2ccc(Cl)cn2)Oc2cccc(C3CCN(Cc4nc5ccc(C(=O)O)cc5[nH]4)CC3)c2O1. The van der Waals surface area contributed by atoms with Crippen molar-refractivity contribution in [1.29, 1.82) is 0 Å². The number of hydrogen-bond donors (Lipinski definition) is 2. The van der Waals surface area contributed by atoms with Crippen LogP contribution in [-0.4, -0.2) is 44.0 Å². The minimum Gasteiger partial charge on any atom is -0.478 e. The Morgan fingerprint density at radius 2 is 2.03 bits per heavy atom. The van der Waals surface area contributed by atoms with Gasteiger partial charge < -0.3 is 19.6 Å². The van der Waals surface area contributed by atoms with Crippen molar-refractivity contribution in [2.45, 2.75) is 38.0 Å². The summed E-state index contributed by atoms with van der Waals surface area (Å²) in [5, 5.41) is 9.79. The zero-order chi connectivity index (χ0) is 24.9. The second-order valence-electron chi connectivity index (χ2n) is 9.46. The van der Waals surface area contributed by atoms with Gasteiger partial charge in [-0.3, -0.25) is 9.88 Å². The molecule has 0 spiro atoms. The highest BCUT2D eigenvalue weighted by atomic mass is 35.5. The number of likely N-dealkylation sites (tertiary alicyclic amines) is 1. The number of H-pyrrole nitrogens is 1. The zero-order valence-electron chi connectivity index (χ0n) is 19.7. The minimum atomic E-state index is -0.995. The summed E-state index contributed by atoms with van der Waals surface area (Å²) < 4.78 is 12.6. The largest absolute Gasteiger partial charge is 0.478 e. The fourth-order valence-electron chi connectivity index (χ4n) is 5.10. The maximum atomic E-state index is 11.2. The van der Waals surface area contributed by atoms with Crippen molar-refractivity contribution < 1.29 is 19.4 Å². The molecular weight excluding hydrogens is 480 g/mol. The Kier molecular flexibility index (Phi) is 5.58. The van der Waals surface area contributed by atoms with E-state index in [4.69, 9.17) is 21.1 Å². The number of rotatable bonds is 5. The van der Waals surface area contributed by atoms with Gasteiger partial charge >= 0.3 is 5.97 Å². The summed E-state index contributed by atoms with van der Waals surface area (Å²) in [5.41, 5.74) is 3.61. The van der Waals surface area contributed by atoms with Crippen LogP contribution in [0.5, 0.6) is 11.5 Å². The Balaban J connectivity index is 1.14. The lowest BCUT2D eigenvalue weighted by molar-refractivity contribution is -0.0722. The Labute approximate surface area is 212 Å². The topological polar surface area (TPSA) is 101 Å². The third-order valence-corrected chi connectivity index (χ3v) is 7.21. The molecule has 184 valence electrons. The lowest BCUT2D eigenvalue weighted by Crippen LogP contribution is -2.33. The van der Waals surface area contributed by atoms with Crippen molar-refractivity contribution in [2.75, 3.05) is 13.1 Å². The van der Waals surface area contributed by atoms with Crippen LogP contribution < -0.4 is 9.47 Å². The van der Waals surface area contributed by atoms with E-state index in [0.717, 1.165) is 59.9 Å². The predicted molar refractivity (Wildman–Crippen MR) is 135 cm³/mol. The van der Waals surface area contributed by atoms with E-state index in [9.17, 15) is 9.90 Å². The number of benzene rings is 2. The van der Waals surface area contributed by atoms with Gasteiger partial charge in [-0.15, -0.1) is 0 Å². The summed E-state index contributed by atoms with van der Waals surface area (Å²) in [7, 11) is 0. The maximum absolute atomic E-state index is 11.2. The van der Waals surface area contributed by atoms with Gasteiger partial charge in [0, 0.05) is 18.7 Å². The number of fused-ring (bicyclic) bond motifs is 2. The molecule has 4 heterocycles. The summed E-state index contributed by atoms with van der Waals surface area (Å²) in [4.78, 5) is 25.9. The molecule has 9 heteroatoms. The van der Waals surface area contributed by atoms with Gasteiger partial charge in [-0.25, -0.2) is 9.78 Å². The first-order valence-electron chi connectivity index (χ1n) is 12.0. The smallest absolute Gasteiger partial charge is 0.335 e. The van der Waals surface area contributed by atoms with Crippen molar-refractivity contribution in [3.63, 3.8) is 0 Å². The molecule has 6 rings (SSSR count). The van der Waals surface area contributed by atoms with Crippen molar-refractivity contribution >= 4 is 28.6 Å². The van der Waals surface area contributed by atoms with Crippen LogP contribution in [0.4, 0.5) is 0 Å². The summed E-state index contributed by atoms with van der Waals surface area (Å²) in [6.45, 7) is 4.41. The molecule has 0 aliphatic carbocycles. The number of imidazole rings is 1. The number of piperidine rings is 1. The molecule has 2 aromatic carbocycles. The summed E-state index contributed by atoms with van der Waals surface area (Å²) in [5.74, 6) is 0.787. The molecule has 8 nitrogen and oxygen atoms in total. The van der Waals surface area contributed by atoms with Crippen LogP contribution in [-0.2, 0) is 12.3 Å². The van der Waals surface area contributed by atoms with Gasteiger partial charge in [-0.1, -0.05) is 23.7 Å². The number of carboxylic acids is 1. The number of nitrogens with one attached hydrogen (secondary N) is 1. The fourth-order valence-corrected chi connectivity index (χ4v) is 5.21. The number of pyridine rings is 1. The van der Waals surface area contributed by atoms with Crippen LogP contribution in [0.25, 0.3) is 11.0 Å². The van der Waals surface area contributed by atoms with Gasteiger partial charge in [0.05, 0.1) is 28.2 Å². The van der Waals surface area contributed by atoms with Crippen LogP contribution in [0, 0.1) is 0 Å². The van der Waals surface area contributed by atoms with Gasteiger partial charge in [0.1, 0.15) is 11.5 Å². The van der Waals surface area contributed by atoms with Gasteiger partial charge in [0.25, 0.3) is 5.79 Å². The Morgan fingerprint density at radius 3 is 2.78 bits per heavy atom. The number of carbonyl (C=O) groups is 1. The van der Waals surface area contributed by atoms with Gasteiger partial charge in [-0.2, -0.15) is 0 Å². The molecule has 0 amide bonds. The summed E-state index contributed by atoms with van der Waals surface area (Å²) in [6, 6.07) is 14.7. The fraction of sp³-hybridized carbons (Fsp3) is 0.296. The number of ether oxygens (including phenoxy) is 2. The molecule has 36 heavy (non-hydrogen) atoms. The lowest BCUT2D eigenvalue weighted by Gasteiger charge is -2.32. The van der Waals surface area contributed by atoms with Gasteiger partial charge in [0.2, 0.25) is 0 Å². The van der Waals surface area contributed by atoms with Crippen LogP contribution in [0.1, 0.15) is 53.1 Å². The number of carboxylic acid groups (broad SMARTS) is 1. The van der Waals surface area contributed by atoms with Crippen molar-refractivity contribution in [1.82, 2.24) is 19.9 Å². The average molecular weight is 505 g/mol. The van der Waals surface area contributed by atoms with Crippen LogP contribution in [0.3, 0.4) is 0 Å². The molecule has 0 radical (unpaired) electrons. The maximum Gasteiger partial charge on any atom is 0.335 e. The molecule has 0 saturated carbocycles. The second kappa shape index (κ2) is 8.80. The molecule has 0 bridgehead atoms. The Hall–Kier alpha value is -3.62. The standard InChI is InChI=1S/C27H25ClN4O4/c1-27(23-8-6-18(28)14-29-23)35-22-4-2-3-19(25(22)36-27)16-9-11-32(12-10-16)15-24-30-20-7-5-17(26(33)34)13-21(20)31-24/h2-8,13-14,16H,9-12,15H2,1H3,(H,30,31)(H,33,34)/t27-/m0/s1. The molecule has 1 atom stereocenters. The van der Waals surface area contributed by atoms with E-state index in [0.29, 0.717) is 23.2 Å². The molecule has 4 aromatic rings. The molecular formula is C27H25ClN4O4. The van der Waals surface area contributed by atoms with E-state index in [1.165, 1.54) is 0 Å². The number of para-hydroxylation sites is 1. The molecule has 1 saturated heterocycles. The molecule has 1 fully saturated rings. The number of halogens is 1.